The summed E-state index contributed by atoms with van der Waals surface area (Å²) in [6.45, 7) is 6.55. The minimum Gasteiger partial charge on any atom is -0.462 e. The molecule has 0 aromatic rings. The lowest BCUT2D eigenvalue weighted by Gasteiger charge is -2.18. The van der Waals surface area contributed by atoms with Gasteiger partial charge in [0.15, 0.2) is 6.10 Å². The fourth-order valence-corrected chi connectivity index (χ4v) is 10.8. The van der Waals surface area contributed by atoms with Gasteiger partial charge in [-0.25, -0.2) is 0 Å². The number of ether oxygens (including phenoxy) is 3. The third-order valence-corrected chi connectivity index (χ3v) is 16.3. The SMILES string of the molecule is CC/C=C\C/C=C\C/C=C\CCCCCC(=O)OCC(COC(=O)CCCCCCCCCCCCCCCCCCCCCCCCCCCCCCCC)OC(=O)CCCCCCCCCCC/C=C\C/C=C\CCCCCCC. The van der Waals surface area contributed by atoms with Crippen LogP contribution < -0.4 is 0 Å². The smallest absolute Gasteiger partial charge is 0.306 e. The van der Waals surface area contributed by atoms with E-state index in [1.165, 1.54) is 257 Å². The summed E-state index contributed by atoms with van der Waals surface area (Å²) in [7, 11) is 0. The second-order valence-electron chi connectivity index (χ2n) is 24.5. The van der Waals surface area contributed by atoms with Crippen molar-refractivity contribution in [3.05, 3.63) is 60.8 Å². The molecule has 0 saturated carbocycles. The van der Waals surface area contributed by atoms with Crippen LogP contribution in [0.4, 0.5) is 0 Å². The Hall–Kier alpha value is -2.89. The summed E-state index contributed by atoms with van der Waals surface area (Å²) in [5.41, 5.74) is 0. The van der Waals surface area contributed by atoms with Crippen molar-refractivity contribution in [2.24, 2.45) is 0 Å². The number of hydrogen-bond donors (Lipinski definition) is 0. The van der Waals surface area contributed by atoms with Gasteiger partial charge in [0.1, 0.15) is 13.2 Å². The predicted molar refractivity (Wildman–Crippen MR) is 358 cm³/mol. The summed E-state index contributed by atoms with van der Waals surface area (Å²) >= 11 is 0. The van der Waals surface area contributed by atoms with Gasteiger partial charge in [0.05, 0.1) is 0 Å². The Morgan fingerprint density at radius 2 is 0.476 bits per heavy atom. The van der Waals surface area contributed by atoms with E-state index in [0.717, 1.165) is 89.9 Å². The molecule has 0 N–H and O–H groups in total. The average molecular weight is 1150 g/mol. The molecular weight excluding hydrogens is 1010 g/mol. The van der Waals surface area contributed by atoms with Crippen LogP contribution in [0.3, 0.4) is 0 Å². The van der Waals surface area contributed by atoms with Crippen molar-refractivity contribution < 1.29 is 28.6 Å². The highest BCUT2D eigenvalue weighted by Gasteiger charge is 2.19. The van der Waals surface area contributed by atoms with Crippen molar-refractivity contribution in [2.45, 2.75) is 393 Å². The van der Waals surface area contributed by atoms with Crippen molar-refractivity contribution in [2.75, 3.05) is 13.2 Å². The molecule has 0 spiro atoms. The second kappa shape index (κ2) is 70.6. The van der Waals surface area contributed by atoms with Crippen LogP contribution in [0.1, 0.15) is 387 Å². The highest BCUT2D eigenvalue weighted by Crippen LogP contribution is 2.19. The zero-order valence-corrected chi connectivity index (χ0v) is 55.0. The molecule has 0 heterocycles. The van der Waals surface area contributed by atoms with E-state index in [-0.39, 0.29) is 31.1 Å². The number of carbonyl (C=O) groups excluding carboxylic acids is 3. The summed E-state index contributed by atoms with van der Waals surface area (Å²) in [6.07, 6.45) is 91.3. The van der Waals surface area contributed by atoms with Crippen LogP contribution in [0, 0.1) is 0 Å². The molecular formula is C76H138O6. The van der Waals surface area contributed by atoms with Gasteiger partial charge in [0.2, 0.25) is 0 Å². The largest absolute Gasteiger partial charge is 0.462 e. The molecule has 6 nitrogen and oxygen atoms in total. The molecule has 0 radical (unpaired) electrons. The Balaban J connectivity index is 4.19. The van der Waals surface area contributed by atoms with E-state index in [4.69, 9.17) is 14.2 Å². The Labute approximate surface area is 510 Å². The monoisotopic (exact) mass is 1150 g/mol. The van der Waals surface area contributed by atoms with E-state index in [1.54, 1.807) is 0 Å². The molecule has 0 aliphatic heterocycles. The first-order chi connectivity index (χ1) is 40.5. The molecule has 478 valence electrons. The van der Waals surface area contributed by atoms with Gasteiger partial charge in [0.25, 0.3) is 0 Å². The predicted octanol–water partition coefficient (Wildman–Crippen LogP) is 25.1. The summed E-state index contributed by atoms with van der Waals surface area (Å²) in [5, 5.41) is 0. The third kappa shape index (κ3) is 67.9. The Morgan fingerprint density at radius 3 is 0.756 bits per heavy atom. The highest BCUT2D eigenvalue weighted by molar-refractivity contribution is 5.71. The van der Waals surface area contributed by atoms with Crippen LogP contribution >= 0.6 is 0 Å². The molecule has 0 saturated heterocycles. The molecule has 1 atom stereocenters. The maximum atomic E-state index is 12.9. The van der Waals surface area contributed by atoms with Gasteiger partial charge < -0.3 is 14.2 Å². The minimum atomic E-state index is -0.789. The Bertz CT molecular complexity index is 1460. The van der Waals surface area contributed by atoms with Crippen LogP contribution in [-0.4, -0.2) is 37.2 Å². The lowest BCUT2D eigenvalue weighted by atomic mass is 10.0. The fourth-order valence-electron chi connectivity index (χ4n) is 10.8. The molecule has 0 bridgehead atoms. The summed E-state index contributed by atoms with van der Waals surface area (Å²) in [6, 6.07) is 0. The van der Waals surface area contributed by atoms with Crippen molar-refractivity contribution in [3.63, 3.8) is 0 Å². The second-order valence-corrected chi connectivity index (χ2v) is 24.5. The van der Waals surface area contributed by atoms with Gasteiger partial charge >= 0.3 is 17.9 Å². The van der Waals surface area contributed by atoms with E-state index >= 15 is 0 Å². The summed E-state index contributed by atoms with van der Waals surface area (Å²) < 4.78 is 17.0. The van der Waals surface area contributed by atoms with Crippen LogP contribution in [0.5, 0.6) is 0 Å². The highest BCUT2D eigenvalue weighted by atomic mass is 16.6. The molecule has 0 rings (SSSR count). The maximum absolute atomic E-state index is 12.9. The molecule has 82 heavy (non-hydrogen) atoms. The number of hydrogen-bond acceptors (Lipinski definition) is 6. The molecule has 6 heteroatoms. The zero-order valence-electron chi connectivity index (χ0n) is 55.0. The number of unbranched alkanes of at least 4 members (excludes halogenated alkanes) is 46. The Morgan fingerprint density at radius 1 is 0.256 bits per heavy atom. The number of esters is 3. The van der Waals surface area contributed by atoms with Crippen molar-refractivity contribution in [1.29, 1.82) is 0 Å². The first-order valence-electron chi connectivity index (χ1n) is 36.3. The quantitative estimate of drug-likeness (QED) is 0.0261. The van der Waals surface area contributed by atoms with Gasteiger partial charge in [-0.3, -0.25) is 14.4 Å². The van der Waals surface area contributed by atoms with Crippen LogP contribution in [0.15, 0.2) is 60.8 Å². The number of carbonyl (C=O) groups is 3. The topological polar surface area (TPSA) is 78.9 Å². The van der Waals surface area contributed by atoms with Crippen molar-refractivity contribution in [3.8, 4) is 0 Å². The fraction of sp³-hybridized carbons (Fsp3) is 0.829. The van der Waals surface area contributed by atoms with Crippen LogP contribution in [0.25, 0.3) is 0 Å². The maximum Gasteiger partial charge on any atom is 0.306 e. The van der Waals surface area contributed by atoms with Gasteiger partial charge in [-0.05, 0) is 83.5 Å². The lowest BCUT2D eigenvalue weighted by Crippen LogP contribution is -2.30. The first kappa shape index (κ1) is 79.1. The third-order valence-electron chi connectivity index (χ3n) is 16.3. The van der Waals surface area contributed by atoms with Crippen LogP contribution in [0.2, 0.25) is 0 Å². The summed E-state index contributed by atoms with van der Waals surface area (Å²) in [5.74, 6) is -0.895. The summed E-state index contributed by atoms with van der Waals surface area (Å²) in [4.78, 5) is 38.4. The van der Waals surface area contributed by atoms with E-state index in [9.17, 15) is 14.4 Å². The van der Waals surface area contributed by atoms with Crippen LogP contribution in [-0.2, 0) is 28.6 Å². The molecule has 0 aromatic heterocycles. The normalized spacial score (nSPS) is 12.4. The molecule has 0 fully saturated rings. The van der Waals surface area contributed by atoms with Crippen molar-refractivity contribution >= 4 is 17.9 Å². The zero-order chi connectivity index (χ0) is 59.2. The minimum absolute atomic E-state index is 0.0820. The lowest BCUT2D eigenvalue weighted by molar-refractivity contribution is -0.167. The van der Waals surface area contributed by atoms with E-state index in [0.29, 0.717) is 19.3 Å². The number of rotatable bonds is 67. The standard InChI is InChI=1S/C76H138O6/c1-4-7-10-13-16-19-22-25-27-29-31-33-34-35-36-37-38-39-40-41-43-44-46-48-51-54-57-60-63-66-69-75(78)81-72-73(71-80-74(77)68-65-62-59-56-53-50-24-21-18-15-12-9-6-3)82-76(79)70-67-64-61-58-55-52-49-47-45-42-32-30-28-26-23-20-17-14-11-8-5-2/h9,12,18,21,23,26,30,32,50,53,73H,4-8,10-11,13-17,19-20,22,24-25,27-29,31,33-49,51-52,54-72H2,1-3H3/b12-9-,21-18-,26-23-,32-30-,53-50-. The van der Waals surface area contributed by atoms with E-state index < -0.39 is 6.10 Å². The molecule has 1 unspecified atom stereocenters. The number of allylic oxidation sites excluding steroid dienone is 10. The first-order valence-corrected chi connectivity index (χ1v) is 36.3. The van der Waals surface area contributed by atoms with Gasteiger partial charge in [-0.2, -0.15) is 0 Å². The van der Waals surface area contributed by atoms with Gasteiger partial charge in [-0.15, -0.1) is 0 Å². The molecule has 0 aliphatic carbocycles. The van der Waals surface area contributed by atoms with E-state index in [1.807, 2.05) is 0 Å². The van der Waals surface area contributed by atoms with E-state index in [2.05, 4.69) is 81.5 Å². The molecule has 0 amide bonds. The Kier molecular flexibility index (Phi) is 68.1. The van der Waals surface area contributed by atoms with Crippen molar-refractivity contribution in [1.82, 2.24) is 0 Å². The van der Waals surface area contributed by atoms with Gasteiger partial charge in [-0.1, -0.05) is 345 Å². The average Bonchev–Trinajstić information content (AvgIpc) is 3.47. The molecule has 0 aromatic carbocycles. The molecule has 0 aliphatic rings. The van der Waals surface area contributed by atoms with Gasteiger partial charge in [0, 0.05) is 19.3 Å².